The maximum Gasteiger partial charge on any atom is 0.416 e. The number of amides is 1. The van der Waals surface area contributed by atoms with Crippen LogP contribution in [0.25, 0.3) is 0 Å². The predicted octanol–water partition coefficient (Wildman–Crippen LogP) is 2.79. The van der Waals surface area contributed by atoms with Crippen LogP contribution in [0.1, 0.15) is 46.9 Å². The van der Waals surface area contributed by atoms with E-state index in [0.29, 0.717) is 25.9 Å². The highest BCUT2D eigenvalue weighted by Gasteiger charge is 2.33. The Hall–Kier alpha value is -2.91. The van der Waals surface area contributed by atoms with E-state index in [0.717, 1.165) is 6.07 Å². The van der Waals surface area contributed by atoms with Crippen LogP contribution in [-0.2, 0) is 17.4 Å². The summed E-state index contributed by atoms with van der Waals surface area (Å²) in [6.07, 6.45) is -1.76. The van der Waals surface area contributed by atoms with Gasteiger partial charge in [0.2, 0.25) is 5.91 Å². The number of nitrogens with zero attached hydrogens (tertiary/aromatic N) is 4. The summed E-state index contributed by atoms with van der Waals surface area (Å²) in [4.78, 5) is 25.0. The first-order valence-electron chi connectivity index (χ1n) is 8.83. The Morgan fingerprint density at radius 3 is 2.68 bits per heavy atom. The molecule has 1 atom stereocenters. The molecule has 1 aliphatic rings. The fourth-order valence-corrected chi connectivity index (χ4v) is 3.36. The maximum atomic E-state index is 13.1. The summed E-state index contributed by atoms with van der Waals surface area (Å²) in [5, 5.41) is 16.3. The van der Waals surface area contributed by atoms with E-state index in [-0.39, 0.29) is 36.0 Å². The van der Waals surface area contributed by atoms with E-state index in [1.165, 1.54) is 29.1 Å². The van der Waals surface area contributed by atoms with Gasteiger partial charge in [0.15, 0.2) is 5.69 Å². The van der Waals surface area contributed by atoms with Crippen molar-refractivity contribution < 1.29 is 27.9 Å². The van der Waals surface area contributed by atoms with Crippen LogP contribution >= 0.6 is 0 Å². The number of likely N-dealkylation sites (tertiary alicyclic amines) is 1. The summed E-state index contributed by atoms with van der Waals surface area (Å²) < 4.78 is 40.6. The van der Waals surface area contributed by atoms with Crippen molar-refractivity contribution in [1.82, 2.24) is 19.9 Å². The average Bonchev–Trinajstić information content (AvgIpc) is 3.16. The Morgan fingerprint density at radius 2 is 2.00 bits per heavy atom. The highest BCUT2D eigenvalue weighted by molar-refractivity contribution is 5.84. The molecule has 1 amide bonds. The van der Waals surface area contributed by atoms with E-state index < -0.39 is 17.7 Å². The lowest BCUT2D eigenvalue weighted by Crippen LogP contribution is -2.41. The molecule has 10 heteroatoms. The minimum atomic E-state index is -4.45. The molecule has 0 spiro atoms. The monoisotopic (exact) mass is 396 g/mol. The molecule has 1 aromatic heterocycles. The lowest BCUT2D eigenvalue weighted by molar-refractivity contribution is -0.139. The largest absolute Gasteiger partial charge is 0.476 e. The molecule has 1 saturated heterocycles. The molecule has 7 nitrogen and oxygen atoms in total. The average molecular weight is 396 g/mol. The third-order valence-electron chi connectivity index (χ3n) is 4.78. The first kappa shape index (κ1) is 19.8. The fraction of sp³-hybridized carbons (Fsp3) is 0.444. The van der Waals surface area contributed by atoms with Crippen molar-refractivity contribution in [3.8, 4) is 0 Å². The van der Waals surface area contributed by atoms with Gasteiger partial charge in [0, 0.05) is 19.5 Å². The molecular formula is C18H19F3N4O3. The molecule has 1 fully saturated rings. The number of carbonyl (C=O) groups is 2. The van der Waals surface area contributed by atoms with E-state index in [1.807, 2.05) is 0 Å². The molecule has 1 unspecified atom stereocenters. The van der Waals surface area contributed by atoms with Crippen LogP contribution in [0.3, 0.4) is 0 Å². The zero-order valence-electron chi connectivity index (χ0n) is 14.9. The van der Waals surface area contributed by atoms with Gasteiger partial charge in [-0.05, 0) is 30.9 Å². The molecule has 1 aromatic carbocycles. The topological polar surface area (TPSA) is 88.3 Å². The lowest BCUT2D eigenvalue weighted by atomic mass is 10.0. The second kappa shape index (κ2) is 7.99. The van der Waals surface area contributed by atoms with Gasteiger partial charge in [-0.1, -0.05) is 23.4 Å². The number of carboxylic acid groups (broad SMARTS) is 1. The smallest absolute Gasteiger partial charge is 0.416 e. The van der Waals surface area contributed by atoms with Crippen LogP contribution < -0.4 is 0 Å². The highest BCUT2D eigenvalue weighted by Crippen LogP contribution is 2.32. The van der Waals surface area contributed by atoms with E-state index in [9.17, 15) is 22.8 Å². The third kappa shape index (κ3) is 4.49. The van der Waals surface area contributed by atoms with Gasteiger partial charge in [-0.2, -0.15) is 13.2 Å². The van der Waals surface area contributed by atoms with Gasteiger partial charge in [0.1, 0.15) is 0 Å². The number of piperidine rings is 1. The molecule has 1 N–H and O–H groups in total. The number of aromatic carboxylic acids is 1. The molecule has 2 aromatic rings. The van der Waals surface area contributed by atoms with Crippen LogP contribution in [0.2, 0.25) is 0 Å². The van der Waals surface area contributed by atoms with E-state index in [2.05, 4.69) is 10.3 Å². The number of hydrogen-bond acceptors (Lipinski definition) is 4. The van der Waals surface area contributed by atoms with Crippen molar-refractivity contribution >= 4 is 11.9 Å². The molecule has 0 radical (unpaired) electrons. The van der Waals surface area contributed by atoms with Crippen molar-refractivity contribution in [2.75, 3.05) is 13.1 Å². The zero-order valence-corrected chi connectivity index (χ0v) is 14.9. The number of rotatable bonds is 5. The number of aryl methyl sites for hydroxylation is 1. The van der Waals surface area contributed by atoms with E-state index in [1.54, 1.807) is 4.90 Å². The number of hydrogen-bond donors (Lipinski definition) is 1. The quantitative estimate of drug-likeness (QED) is 0.840. The van der Waals surface area contributed by atoms with Crippen molar-refractivity contribution in [1.29, 1.82) is 0 Å². The van der Waals surface area contributed by atoms with E-state index in [4.69, 9.17) is 5.11 Å². The number of halogens is 3. The molecule has 150 valence electrons. The second-order valence-electron chi connectivity index (χ2n) is 6.68. The Kier molecular flexibility index (Phi) is 5.66. The molecule has 1 aliphatic heterocycles. The zero-order chi connectivity index (χ0) is 20.3. The van der Waals surface area contributed by atoms with Crippen LogP contribution in [-0.4, -0.2) is 50.0 Å². The number of benzene rings is 1. The van der Waals surface area contributed by atoms with E-state index >= 15 is 0 Å². The van der Waals surface area contributed by atoms with Gasteiger partial charge in [-0.3, -0.25) is 4.79 Å². The Morgan fingerprint density at radius 1 is 1.25 bits per heavy atom. The summed E-state index contributed by atoms with van der Waals surface area (Å²) in [5.74, 6) is -1.42. The molecule has 3 rings (SSSR count). The minimum Gasteiger partial charge on any atom is -0.476 e. The van der Waals surface area contributed by atoms with Crippen LogP contribution in [0.5, 0.6) is 0 Å². The maximum absolute atomic E-state index is 13.1. The summed E-state index contributed by atoms with van der Waals surface area (Å²) in [6, 6.07) is 5.05. The van der Waals surface area contributed by atoms with Gasteiger partial charge >= 0.3 is 12.1 Å². The van der Waals surface area contributed by atoms with Crippen LogP contribution in [0, 0.1) is 0 Å². The van der Waals surface area contributed by atoms with Gasteiger partial charge in [-0.25, -0.2) is 9.48 Å². The fourth-order valence-electron chi connectivity index (χ4n) is 3.36. The van der Waals surface area contributed by atoms with Crippen molar-refractivity contribution in [3.63, 3.8) is 0 Å². The van der Waals surface area contributed by atoms with Crippen molar-refractivity contribution in [2.24, 2.45) is 0 Å². The van der Waals surface area contributed by atoms with Crippen molar-refractivity contribution in [2.45, 2.75) is 37.9 Å². The lowest BCUT2D eigenvalue weighted by Gasteiger charge is -2.32. The number of alkyl halides is 3. The SMILES string of the molecule is O=C(O)c1cn(C2CCCN(C(=O)CCc3ccccc3C(F)(F)F)C2)nn1. The standard InChI is InChI=1S/C18H19F3N4O3/c19-18(20,21)14-6-2-1-4-12(14)7-8-16(26)24-9-3-5-13(10-24)25-11-15(17(27)28)22-23-25/h1-2,4,6,11,13H,3,5,7-10H2,(H,27,28). The number of aromatic nitrogens is 3. The molecular weight excluding hydrogens is 377 g/mol. The van der Waals surface area contributed by atoms with Gasteiger partial charge in [0.25, 0.3) is 0 Å². The summed E-state index contributed by atoms with van der Waals surface area (Å²) >= 11 is 0. The number of carbonyl (C=O) groups excluding carboxylic acids is 1. The molecule has 0 aliphatic carbocycles. The van der Waals surface area contributed by atoms with Crippen LogP contribution in [0.4, 0.5) is 13.2 Å². The summed E-state index contributed by atoms with van der Waals surface area (Å²) in [6.45, 7) is 0.832. The third-order valence-corrected chi connectivity index (χ3v) is 4.78. The Labute approximate surface area is 158 Å². The summed E-state index contributed by atoms with van der Waals surface area (Å²) in [7, 11) is 0. The Balaban J connectivity index is 1.62. The van der Waals surface area contributed by atoms with Gasteiger partial charge in [0.05, 0.1) is 17.8 Å². The van der Waals surface area contributed by atoms with Crippen molar-refractivity contribution in [3.05, 3.63) is 47.3 Å². The second-order valence-corrected chi connectivity index (χ2v) is 6.68. The highest BCUT2D eigenvalue weighted by atomic mass is 19.4. The normalized spacial score (nSPS) is 17.5. The molecule has 2 heterocycles. The van der Waals surface area contributed by atoms with Crippen LogP contribution in [0.15, 0.2) is 30.5 Å². The van der Waals surface area contributed by atoms with Gasteiger partial charge in [-0.15, -0.1) is 5.10 Å². The molecule has 28 heavy (non-hydrogen) atoms. The Bertz CT molecular complexity index is 866. The number of carboxylic acids is 1. The molecule has 0 saturated carbocycles. The first-order chi connectivity index (χ1) is 13.3. The molecule has 0 bridgehead atoms. The van der Waals surface area contributed by atoms with Gasteiger partial charge < -0.3 is 10.0 Å². The summed E-state index contributed by atoms with van der Waals surface area (Å²) in [5.41, 5.74) is -0.797. The first-order valence-corrected chi connectivity index (χ1v) is 8.83. The minimum absolute atomic E-state index is 0.00215. The predicted molar refractivity (Wildman–Crippen MR) is 91.6 cm³/mol.